The second-order valence-electron chi connectivity index (χ2n) is 25.6. The number of likely N-dealkylation sites (N-methyl/N-ethyl adjacent to an activating group) is 1. The molecule has 1 aromatic carbocycles. The first kappa shape index (κ1) is 85.2. The lowest BCUT2D eigenvalue weighted by molar-refractivity contribution is -0.143. The van der Waals surface area contributed by atoms with Gasteiger partial charge < -0.3 is 66.8 Å². The summed E-state index contributed by atoms with van der Waals surface area (Å²) in [6.07, 6.45) is 27.4. The SMILES string of the molecule is CCCC[C@H](CCC(=O)[C@H](CCCCNC(=O)COCCOCCNC(=O)COCCOCCNC(=O)CCC(NC(=O)C1CCC(CNC(=O)CCCCCCCCCCCCCCCCCCC(=O)O)CC1)C(=O)O)NC)C(=O)CN[C@@H](Cc1ccc(C)cc1)C(N)=O. The quantitative estimate of drug-likeness (QED) is 0.0287. The Labute approximate surface area is 566 Å². The second-order valence-corrected chi connectivity index (χ2v) is 25.6. The van der Waals surface area contributed by atoms with E-state index in [1.165, 1.54) is 64.2 Å². The number of benzene rings is 1. The van der Waals surface area contributed by atoms with Gasteiger partial charge in [-0.05, 0) is 109 Å². The number of hydrogen-bond donors (Lipinski definition) is 10. The van der Waals surface area contributed by atoms with Gasteiger partial charge in [-0.25, -0.2) is 4.79 Å². The predicted octanol–water partition coefficient (Wildman–Crippen LogP) is 7.26. The van der Waals surface area contributed by atoms with Crippen LogP contribution < -0.4 is 43.0 Å². The van der Waals surface area contributed by atoms with Gasteiger partial charge in [-0.1, -0.05) is 139 Å². The maximum absolute atomic E-state index is 13.3. The fourth-order valence-corrected chi connectivity index (χ4v) is 11.5. The predicted molar refractivity (Wildman–Crippen MR) is 365 cm³/mol. The van der Waals surface area contributed by atoms with Crippen molar-refractivity contribution in [3.8, 4) is 0 Å². The maximum atomic E-state index is 13.3. The summed E-state index contributed by atoms with van der Waals surface area (Å²) < 4.78 is 21.7. The number of nitrogens with two attached hydrogens (primary N) is 1. The highest BCUT2D eigenvalue weighted by atomic mass is 16.5. The molecule has 1 saturated carbocycles. The van der Waals surface area contributed by atoms with Crippen LogP contribution in [0.15, 0.2) is 24.3 Å². The number of nitrogens with one attached hydrogen (secondary N) is 7. The number of Topliss-reactive ketones (excluding diaryl/α,β-unsaturated/α-hetero) is 2. The van der Waals surface area contributed by atoms with Gasteiger partial charge in [0.1, 0.15) is 30.8 Å². The van der Waals surface area contributed by atoms with E-state index >= 15 is 0 Å². The van der Waals surface area contributed by atoms with Gasteiger partial charge in [-0.15, -0.1) is 0 Å². The number of unbranched alkanes of at least 4 members (excludes halogenated alkanes) is 17. The Morgan fingerprint density at radius 1 is 0.505 bits per heavy atom. The summed E-state index contributed by atoms with van der Waals surface area (Å²) in [6.45, 7) is 6.21. The lowest BCUT2D eigenvalue weighted by Crippen LogP contribution is -2.46. The molecular weight excluding hydrogens is 1220 g/mol. The number of carboxylic acid groups (broad SMARTS) is 2. The largest absolute Gasteiger partial charge is 0.481 e. The van der Waals surface area contributed by atoms with Gasteiger partial charge in [0.05, 0.1) is 58.3 Å². The minimum atomic E-state index is -1.21. The molecule has 542 valence electrons. The van der Waals surface area contributed by atoms with Crippen LogP contribution in [0.3, 0.4) is 0 Å². The van der Waals surface area contributed by atoms with Crippen molar-refractivity contribution in [3.63, 3.8) is 0 Å². The number of carbonyl (C=O) groups excluding carboxylic acids is 8. The Kier molecular flexibility index (Phi) is 50.3. The number of carbonyl (C=O) groups is 10. The van der Waals surface area contributed by atoms with Crippen molar-refractivity contribution in [2.75, 3.05) is 92.6 Å². The molecule has 0 bridgehead atoms. The molecule has 24 nitrogen and oxygen atoms in total. The third-order valence-corrected chi connectivity index (χ3v) is 17.5. The fourth-order valence-electron chi connectivity index (χ4n) is 11.5. The maximum Gasteiger partial charge on any atom is 0.326 e. The van der Waals surface area contributed by atoms with Crippen LogP contribution in [0.4, 0.5) is 0 Å². The van der Waals surface area contributed by atoms with Gasteiger partial charge in [0.15, 0.2) is 0 Å². The van der Waals surface area contributed by atoms with E-state index in [4.69, 9.17) is 29.8 Å². The molecule has 1 aromatic rings. The topological polar surface area (TPSA) is 358 Å². The van der Waals surface area contributed by atoms with Crippen LogP contribution in [0, 0.1) is 24.7 Å². The van der Waals surface area contributed by atoms with Gasteiger partial charge in [-0.3, -0.25) is 48.5 Å². The van der Waals surface area contributed by atoms with E-state index in [9.17, 15) is 53.1 Å². The summed E-state index contributed by atoms with van der Waals surface area (Å²) in [7, 11) is 1.74. The Morgan fingerprint density at radius 2 is 1.02 bits per heavy atom. The fraction of sp³-hybridized carbons (Fsp3) is 0.775. The first-order valence-corrected chi connectivity index (χ1v) is 35.9. The number of rotatable bonds is 63. The Bertz CT molecular complexity index is 2300. The number of carboxylic acids is 2. The van der Waals surface area contributed by atoms with Crippen LogP contribution >= 0.6 is 0 Å². The third kappa shape index (κ3) is 46.0. The van der Waals surface area contributed by atoms with Crippen LogP contribution in [0.5, 0.6) is 0 Å². The zero-order chi connectivity index (χ0) is 69.5. The van der Waals surface area contributed by atoms with Gasteiger partial charge in [0, 0.05) is 63.7 Å². The molecule has 0 heterocycles. The van der Waals surface area contributed by atoms with Crippen molar-refractivity contribution < 1.29 is 77.1 Å². The molecule has 11 N–H and O–H groups in total. The van der Waals surface area contributed by atoms with Crippen molar-refractivity contribution in [2.24, 2.45) is 23.5 Å². The summed E-state index contributed by atoms with van der Waals surface area (Å²) in [5, 5.41) is 38.5. The van der Waals surface area contributed by atoms with Crippen LogP contribution in [0.25, 0.3) is 0 Å². The number of ether oxygens (including phenoxy) is 4. The number of ketones is 2. The lowest BCUT2D eigenvalue weighted by atomic mass is 9.81. The molecule has 0 spiro atoms. The molecule has 24 heteroatoms. The highest BCUT2D eigenvalue weighted by molar-refractivity contribution is 5.88. The number of aryl methyl sites for hydroxylation is 1. The van der Waals surface area contributed by atoms with Crippen molar-refractivity contribution in [2.45, 2.75) is 244 Å². The van der Waals surface area contributed by atoms with Crippen molar-refractivity contribution >= 4 is 58.9 Å². The van der Waals surface area contributed by atoms with Crippen LogP contribution in [0.2, 0.25) is 0 Å². The average molecular weight is 1340 g/mol. The van der Waals surface area contributed by atoms with Crippen LogP contribution in [-0.4, -0.2) is 180 Å². The first-order valence-electron chi connectivity index (χ1n) is 35.9. The summed E-state index contributed by atoms with van der Waals surface area (Å²) in [5.74, 6) is -4.07. The third-order valence-electron chi connectivity index (χ3n) is 17.5. The van der Waals surface area contributed by atoms with Crippen LogP contribution in [0.1, 0.15) is 224 Å². The molecular formula is C71H122N8O16. The molecule has 2 rings (SSSR count). The molecule has 0 aromatic heterocycles. The van der Waals surface area contributed by atoms with E-state index in [-0.39, 0.29) is 163 Å². The Balaban J connectivity index is 1.40. The standard InChI is InChI=1S/C71H122N8O16/c1-4-5-24-57(63(81)51-77-61(69(72)88)49-55-30-28-54(2)29-31-55)36-38-62(80)59(73-3)25-22-23-40-74-66(84)52-94-47-46-93-44-42-76-67(85)53-95-48-45-92-43-41-75-65(83)39-37-60(71(90)91)79-70(89)58-34-32-56(33-35-58)50-78-64(82)26-20-18-16-14-12-10-8-6-7-9-11-13-15-17-19-21-27-68(86)87/h28-31,56-61,73,77H,4-27,32-53H2,1-3H3,(H2,72,88)(H,74,84)(H,75,83)(H,76,85)(H,78,82)(H,79,89)(H,86,87)(H,90,91)/t56?,57-,58?,59+,60?,61+/m1/s1. The number of hydrogen-bond acceptors (Lipinski definition) is 16. The molecule has 0 radical (unpaired) electrons. The van der Waals surface area contributed by atoms with E-state index in [0.29, 0.717) is 70.9 Å². The molecule has 0 saturated heterocycles. The Hall–Kier alpha value is -5.92. The van der Waals surface area contributed by atoms with Gasteiger partial charge in [-0.2, -0.15) is 0 Å². The second kappa shape index (κ2) is 56.1. The van der Waals surface area contributed by atoms with E-state index in [0.717, 1.165) is 75.3 Å². The Morgan fingerprint density at radius 3 is 1.55 bits per heavy atom. The van der Waals surface area contributed by atoms with Crippen molar-refractivity contribution in [1.29, 1.82) is 0 Å². The zero-order valence-corrected chi connectivity index (χ0v) is 58.0. The van der Waals surface area contributed by atoms with E-state index in [2.05, 4.69) is 44.1 Å². The molecule has 4 atom stereocenters. The summed E-state index contributed by atoms with van der Waals surface area (Å²) in [5.41, 5.74) is 7.71. The normalized spacial score (nSPS) is 15.0. The number of primary amides is 1. The highest BCUT2D eigenvalue weighted by Gasteiger charge is 2.30. The molecule has 1 fully saturated rings. The smallest absolute Gasteiger partial charge is 0.326 e. The molecule has 95 heavy (non-hydrogen) atoms. The average Bonchev–Trinajstić information content (AvgIpc) is 1.03. The summed E-state index contributed by atoms with van der Waals surface area (Å²) >= 11 is 0. The van der Waals surface area contributed by atoms with E-state index in [1.807, 2.05) is 31.2 Å². The van der Waals surface area contributed by atoms with Gasteiger partial charge in [0.2, 0.25) is 35.4 Å². The van der Waals surface area contributed by atoms with Gasteiger partial charge >= 0.3 is 11.9 Å². The van der Waals surface area contributed by atoms with E-state index < -0.39 is 29.9 Å². The minimum Gasteiger partial charge on any atom is -0.481 e. The summed E-state index contributed by atoms with van der Waals surface area (Å²) in [6, 6.07) is 5.55. The van der Waals surface area contributed by atoms with Gasteiger partial charge in [0.25, 0.3) is 0 Å². The minimum absolute atomic E-state index is 0.000701. The monoisotopic (exact) mass is 1340 g/mol. The molecule has 0 aliphatic heterocycles. The first-order chi connectivity index (χ1) is 45.9. The highest BCUT2D eigenvalue weighted by Crippen LogP contribution is 2.29. The molecule has 6 amide bonds. The summed E-state index contributed by atoms with van der Waals surface area (Å²) in [4.78, 5) is 124. The number of aliphatic carboxylic acids is 2. The number of amides is 6. The van der Waals surface area contributed by atoms with Crippen molar-refractivity contribution in [3.05, 3.63) is 35.4 Å². The zero-order valence-electron chi connectivity index (χ0n) is 58.0. The lowest BCUT2D eigenvalue weighted by Gasteiger charge is -2.28. The molecule has 1 unspecified atom stereocenters. The molecule has 1 aliphatic rings. The van der Waals surface area contributed by atoms with Crippen molar-refractivity contribution in [1.82, 2.24) is 37.2 Å². The van der Waals surface area contributed by atoms with E-state index in [1.54, 1.807) is 7.05 Å². The molecule has 1 aliphatic carbocycles. The van der Waals surface area contributed by atoms with Crippen LogP contribution in [-0.2, 0) is 73.3 Å².